The van der Waals surface area contributed by atoms with Crippen LogP contribution in [0.2, 0.25) is 0 Å². The van der Waals surface area contributed by atoms with E-state index in [0.717, 1.165) is 0 Å². The zero-order chi connectivity index (χ0) is 12.7. The lowest BCUT2D eigenvalue weighted by atomic mass is 10.2. The van der Waals surface area contributed by atoms with Gasteiger partial charge in [0.2, 0.25) is 0 Å². The molecule has 0 amide bonds. The molecule has 90 valence electrons. The van der Waals surface area contributed by atoms with Gasteiger partial charge < -0.3 is 4.98 Å². The van der Waals surface area contributed by atoms with E-state index < -0.39 is 11.6 Å². The van der Waals surface area contributed by atoms with Crippen LogP contribution in [0, 0.1) is 16.4 Å². The molecule has 6 heteroatoms. The number of aromatic amines is 1. The number of imidazole rings is 1. The van der Waals surface area contributed by atoms with Gasteiger partial charge in [0.15, 0.2) is 4.77 Å². The number of pyridine rings is 1. The molecule has 0 aliphatic carbocycles. The summed E-state index contributed by atoms with van der Waals surface area (Å²) >= 11 is 5.10. The molecule has 18 heavy (non-hydrogen) atoms. The van der Waals surface area contributed by atoms with Crippen LogP contribution in [0.1, 0.15) is 0 Å². The van der Waals surface area contributed by atoms with E-state index in [1.807, 2.05) is 0 Å². The highest BCUT2D eigenvalue weighted by molar-refractivity contribution is 7.71. The number of fused-ring (bicyclic) bond motifs is 1. The molecule has 3 nitrogen and oxygen atoms in total. The Bertz CT molecular complexity index is 771. The first-order valence-electron chi connectivity index (χ1n) is 5.17. The first kappa shape index (κ1) is 11.0. The molecule has 0 saturated heterocycles. The predicted octanol–water partition coefficient (Wildman–Crippen LogP) is 3.36. The van der Waals surface area contributed by atoms with Crippen LogP contribution >= 0.6 is 12.2 Å². The molecule has 0 bridgehead atoms. The van der Waals surface area contributed by atoms with Gasteiger partial charge in [-0.2, -0.15) is 0 Å². The summed E-state index contributed by atoms with van der Waals surface area (Å²) in [5.41, 5.74) is 1.03. The van der Waals surface area contributed by atoms with Crippen LogP contribution in [-0.2, 0) is 0 Å². The number of rotatable bonds is 1. The quantitative estimate of drug-likeness (QED) is 0.683. The molecular weight excluding hydrogens is 256 g/mol. The zero-order valence-electron chi connectivity index (χ0n) is 9.02. The van der Waals surface area contributed by atoms with Gasteiger partial charge in [0.1, 0.15) is 17.3 Å². The van der Waals surface area contributed by atoms with Crippen molar-refractivity contribution in [2.45, 2.75) is 0 Å². The number of aromatic nitrogens is 3. The third-order valence-corrected chi connectivity index (χ3v) is 2.93. The van der Waals surface area contributed by atoms with E-state index in [1.165, 1.54) is 22.8 Å². The number of halogens is 2. The van der Waals surface area contributed by atoms with Gasteiger partial charge in [0.25, 0.3) is 0 Å². The fourth-order valence-electron chi connectivity index (χ4n) is 1.88. The number of nitrogens with zero attached hydrogens (tertiary/aromatic N) is 2. The maximum absolute atomic E-state index is 13.8. The second-order valence-electron chi connectivity index (χ2n) is 3.73. The summed E-state index contributed by atoms with van der Waals surface area (Å²) in [5.74, 6) is -1.33. The molecule has 0 spiro atoms. The van der Waals surface area contributed by atoms with Crippen LogP contribution in [0.25, 0.3) is 16.7 Å². The maximum Gasteiger partial charge on any atom is 0.182 e. The minimum Gasteiger partial charge on any atom is -0.329 e. The Morgan fingerprint density at radius 3 is 2.61 bits per heavy atom. The number of para-hydroxylation sites is 1. The molecule has 0 aliphatic rings. The highest BCUT2D eigenvalue weighted by Crippen LogP contribution is 2.23. The Kier molecular flexibility index (Phi) is 2.45. The van der Waals surface area contributed by atoms with E-state index in [9.17, 15) is 8.78 Å². The molecule has 3 aromatic rings. The third-order valence-electron chi connectivity index (χ3n) is 2.64. The van der Waals surface area contributed by atoms with Crippen LogP contribution in [0.3, 0.4) is 0 Å². The topological polar surface area (TPSA) is 33.6 Å². The van der Waals surface area contributed by atoms with Crippen molar-refractivity contribution in [1.82, 2.24) is 14.5 Å². The Balaban J connectivity index is 2.46. The number of hydrogen-bond acceptors (Lipinski definition) is 2. The van der Waals surface area contributed by atoms with Crippen LogP contribution in [0.5, 0.6) is 0 Å². The van der Waals surface area contributed by atoms with Gasteiger partial charge in [-0.1, -0.05) is 6.07 Å². The molecule has 0 unspecified atom stereocenters. The molecule has 0 radical (unpaired) electrons. The van der Waals surface area contributed by atoms with Crippen LogP contribution in [-0.4, -0.2) is 14.5 Å². The van der Waals surface area contributed by atoms with Gasteiger partial charge in [-0.05, 0) is 30.4 Å². The molecule has 2 heterocycles. The standard InChI is InChI=1S/C12H7F2N3S/c13-7-2-1-3-8(14)11(7)17-10-4-5-15-6-9(10)16-12(17)18/h1-6H,(H,16,18). The van der Waals surface area contributed by atoms with Crippen molar-refractivity contribution >= 4 is 23.3 Å². The molecule has 1 aromatic carbocycles. The van der Waals surface area contributed by atoms with Crippen molar-refractivity contribution in [2.75, 3.05) is 0 Å². The molecule has 0 atom stereocenters. The summed E-state index contributed by atoms with van der Waals surface area (Å²) in [6.45, 7) is 0. The first-order valence-corrected chi connectivity index (χ1v) is 5.58. The average Bonchev–Trinajstić information content (AvgIpc) is 2.66. The first-order chi connectivity index (χ1) is 8.68. The molecule has 0 aliphatic heterocycles. The lowest BCUT2D eigenvalue weighted by molar-refractivity contribution is 0.570. The average molecular weight is 263 g/mol. The predicted molar refractivity (Wildman–Crippen MR) is 66.2 cm³/mol. The summed E-state index contributed by atoms with van der Waals surface area (Å²) in [5, 5.41) is 0. The van der Waals surface area contributed by atoms with E-state index in [2.05, 4.69) is 9.97 Å². The number of nitrogens with one attached hydrogen (secondary N) is 1. The second-order valence-corrected chi connectivity index (χ2v) is 4.12. The molecule has 0 saturated carbocycles. The van der Waals surface area contributed by atoms with Crippen molar-refractivity contribution < 1.29 is 8.78 Å². The Labute approximate surface area is 106 Å². The lowest BCUT2D eigenvalue weighted by Crippen LogP contribution is -2.01. The smallest absolute Gasteiger partial charge is 0.182 e. The van der Waals surface area contributed by atoms with Gasteiger partial charge in [-0.25, -0.2) is 8.78 Å². The van der Waals surface area contributed by atoms with Crippen LogP contribution in [0.15, 0.2) is 36.7 Å². The molecule has 0 fully saturated rings. The fraction of sp³-hybridized carbons (Fsp3) is 0. The highest BCUT2D eigenvalue weighted by Gasteiger charge is 2.14. The van der Waals surface area contributed by atoms with Gasteiger partial charge in [-0.3, -0.25) is 9.55 Å². The summed E-state index contributed by atoms with van der Waals surface area (Å²) in [6, 6.07) is 5.35. The summed E-state index contributed by atoms with van der Waals surface area (Å²) in [7, 11) is 0. The normalized spacial score (nSPS) is 11.0. The Hall–Kier alpha value is -2.08. The van der Waals surface area contributed by atoms with E-state index in [-0.39, 0.29) is 10.5 Å². The molecule has 1 N–H and O–H groups in total. The van der Waals surface area contributed by atoms with E-state index >= 15 is 0 Å². The second kappa shape index (κ2) is 3.99. The lowest BCUT2D eigenvalue weighted by Gasteiger charge is -2.06. The summed E-state index contributed by atoms with van der Waals surface area (Å²) < 4.78 is 29.1. The monoisotopic (exact) mass is 263 g/mol. The Morgan fingerprint density at radius 2 is 1.89 bits per heavy atom. The number of hydrogen-bond donors (Lipinski definition) is 1. The van der Waals surface area contributed by atoms with Crippen molar-refractivity contribution in [3.05, 3.63) is 53.1 Å². The molecule has 3 rings (SSSR count). The van der Waals surface area contributed by atoms with Gasteiger partial charge in [0.05, 0.1) is 17.2 Å². The van der Waals surface area contributed by atoms with Crippen LogP contribution in [0.4, 0.5) is 8.78 Å². The van der Waals surface area contributed by atoms with Crippen LogP contribution < -0.4 is 0 Å². The number of H-pyrrole nitrogens is 1. The molecular formula is C12H7F2N3S. The number of benzene rings is 1. The Morgan fingerprint density at radius 1 is 1.17 bits per heavy atom. The van der Waals surface area contributed by atoms with Crippen molar-refractivity contribution in [1.29, 1.82) is 0 Å². The van der Waals surface area contributed by atoms with E-state index in [0.29, 0.717) is 11.0 Å². The largest absolute Gasteiger partial charge is 0.329 e. The van der Waals surface area contributed by atoms with Crippen molar-refractivity contribution in [3.8, 4) is 5.69 Å². The minimum absolute atomic E-state index is 0.181. The maximum atomic E-state index is 13.8. The minimum atomic E-state index is -0.663. The van der Waals surface area contributed by atoms with Crippen molar-refractivity contribution in [2.24, 2.45) is 0 Å². The van der Waals surface area contributed by atoms with Gasteiger partial charge >= 0.3 is 0 Å². The van der Waals surface area contributed by atoms with E-state index in [1.54, 1.807) is 18.5 Å². The van der Waals surface area contributed by atoms with Gasteiger partial charge in [0, 0.05) is 6.20 Å². The summed E-state index contributed by atoms with van der Waals surface area (Å²) in [6.07, 6.45) is 3.10. The third kappa shape index (κ3) is 1.53. The van der Waals surface area contributed by atoms with Crippen molar-refractivity contribution in [3.63, 3.8) is 0 Å². The summed E-state index contributed by atoms with van der Waals surface area (Å²) in [4.78, 5) is 6.79. The zero-order valence-corrected chi connectivity index (χ0v) is 9.84. The SMILES string of the molecule is Fc1cccc(F)c1-n1c(=S)[nH]c2cnccc21. The molecule has 2 aromatic heterocycles. The fourth-order valence-corrected chi connectivity index (χ4v) is 2.18. The van der Waals surface area contributed by atoms with E-state index in [4.69, 9.17) is 12.2 Å². The highest BCUT2D eigenvalue weighted by atomic mass is 32.1. The van der Waals surface area contributed by atoms with Gasteiger partial charge in [-0.15, -0.1) is 0 Å².